The third-order valence-corrected chi connectivity index (χ3v) is 8.64. The van der Waals surface area contributed by atoms with E-state index < -0.39 is 28.5 Å². The van der Waals surface area contributed by atoms with Crippen LogP contribution in [0.4, 0.5) is 5.69 Å². The third-order valence-electron chi connectivity index (χ3n) is 6.87. The van der Waals surface area contributed by atoms with Gasteiger partial charge in [-0.1, -0.05) is 80.6 Å². The second-order valence-electron chi connectivity index (χ2n) is 9.68. The van der Waals surface area contributed by atoms with E-state index in [0.29, 0.717) is 18.5 Å². The molecule has 0 fully saturated rings. The average Bonchev–Trinajstić information content (AvgIpc) is 2.95. The van der Waals surface area contributed by atoms with Crippen LogP contribution in [0.2, 0.25) is 0 Å². The van der Waals surface area contributed by atoms with Crippen molar-refractivity contribution in [3.8, 4) is 0 Å². The van der Waals surface area contributed by atoms with Crippen LogP contribution in [0.3, 0.4) is 0 Å². The first-order valence-electron chi connectivity index (χ1n) is 13.5. The molecule has 2 amide bonds. The van der Waals surface area contributed by atoms with Crippen molar-refractivity contribution in [3.05, 3.63) is 96.1 Å². The van der Waals surface area contributed by atoms with Gasteiger partial charge in [0.25, 0.3) is 10.0 Å². The van der Waals surface area contributed by atoms with E-state index in [1.807, 2.05) is 70.2 Å². The Morgan fingerprint density at radius 2 is 1.44 bits per heavy atom. The van der Waals surface area contributed by atoms with Crippen LogP contribution < -0.4 is 9.62 Å². The van der Waals surface area contributed by atoms with Crippen molar-refractivity contribution in [1.29, 1.82) is 0 Å². The molecule has 0 bridgehead atoms. The summed E-state index contributed by atoms with van der Waals surface area (Å²) in [5.74, 6) is -0.665. The number of hydrogen-bond donors (Lipinski definition) is 1. The van der Waals surface area contributed by atoms with Crippen LogP contribution in [-0.2, 0) is 26.0 Å². The summed E-state index contributed by atoms with van der Waals surface area (Å²) in [4.78, 5) is 29.0. The van der Waals surface area contributed by atoms with E-state index >= 15 is 0 Å². The largest absolute Gasteiger partial charge is 0.352 e. The molecular weight excluding hydrogens is 510 g/mol. The number of nitrogens with zero attached hydrogens (tertiary/aromatic N) is 2. The Labute approximate surface area is 232 Å². The maximum atomic E-state index is 14.0. The fraction of sp³-hybridized carbons (Fsp3) is 0.355. The second-order valence-corrected chi connectivity index (χ2v) is 11.5. The van der Waals surface area contributed by atoms with E-state index in [9.17, 15) is 18.0 Å². The molecule has 0 saturated heterocycles. The van der Waals surface area contributed by atoms with Crippen molar-refractivity contribution < 1.29 is 18.0 Å². The van der Waals surface area contributed by atoms with E-state index in [-0.39, 0.29) is 23.4 Å². The molecule has 0 aliphatic heterocycles. The Kier molecular flexibility index (Phi) is 10.7. The summed E-state index contributed by atoms with van der Waals surface area (Å²) in [6.07, 6.45) is 1.70. The number of amides is 2. The number of para-hydroxylation sites is 1. The molecule has 0 heterocycles. The molecule has 8 heteroatoms. The van der Waals surface area contributed by atoms with Gasteiger partial charge >= 0.3 is 0 Å². The number of benzene rings is 3. The molecule has 0 radical (unpaired) electrons. The molecule has 2 atom stereocenters. The number of carbonyl (C=O) groups excluding carboxylic acids is 2. The lowest BCUT2D eigenvalue weighted by Crippen LogP contribution is -2.54. The van der Waals surface area contributed by atoms with Crippen LogP contribution in [0.5, 0.6) is 0 Å². The van der Waals surface area contributed by atoms with Crippen LogP contribution in [0.15, 0.2) is 89.8 Å². The minimum absolute atomic E-state index is 0.0421. The molecule has 0 aromatic heterocycles. The highest BCUT2D eigenvalue weighted by Gasteiger charge is 2.34. The van der Waals surface area contributed by atoms with Gasteiger partial charge < -0.3 is 10.2 Å². The summed E-state index contributed by atoms with van der Waals surface area (Å²) >= 11 is 0. The Balaban J connectivity index is 2.00. The second kappa shape index (κ2) is 13.9. The summed E-state index contributed by atoms with van der Waals surface area (Å²) in [6, 6.07) is 24.2. The van der Waals surface area contributed by atoms with E-state index in [1.165, 1.54) is 17.0 Å². The molecule has 2 unspecified atom stereocenters. The number of aryl methyl sites for hydroxylation is 1. The Morgan fingerprint density at radius 1 is 0.846 bits per heavy atom. The van der Waals surface area contributed by atoms with E-state index in [2.05, 4.69) is 5.32 Å². The number of carbonyl (C=O) groups is 2. The lowest BCUT2D eigenvalue weighted by atomic mass is 10.1. The first-order valence-corrected chi connectivity index (χ1v) is 14.9. The molecule has 1 N–H and O–H groups in total. The maximum absolute atomic E-state index is 14.0. The highest BCUT2D eigenvalue weighted by atomic mass is 32.2. The zero-order valence-corrected chi connectivity index (χ0v) is 24.0. The van der Waals surface area contributed by atoms with Gasteiger partial charge in [0.2, 0.25) is 11.8 Å². The molecule has 3 rings (SSSR count). The van der Waals surface area contributed by atoms with Crippen molar-refractivity contribution in [1.82, 2.24) is 10.2 Å². The topological polar surface area (TPSA) is 86.8 Å². The van der Waals surface area contributed by atoms with Gasteiger partial charge in [0.1, 0.15) is 12.6 Å². The third kappa shape index (κ3) is 7.69. The molecular formula is C31H39N3O4S. The number of nitrogens with one attached hydrogen (secondary N) is 1. The van der Waals surface area contributed by atoms with Crippen molar-refractivity contribution in [2.75, 3.05) is 17.4 Å². The fourth-order valence-corrected chi connectivity index (χ4v) is 5.91. The van der Waals surface area contributed by atoms with Crippen molar-refractivity contribution in [2.45, 2.75) is 63.9 Å². The van der Waals surface area contributed by atoms with Crippen LogP contribution in [0.1, 0.15) is 44.7 Å². The molecule has 208 valence electrons. The number of sulfonamides is 1. The summed E-state index contributed by atoms with van der Waals surface area (Å²) in [5, 5.41) is 3.00. The zero-order valence-electron chi connectivity index (χ0n) is 23.2. The highest BCUT2D eigenvalue weighted by Crippen LogP contribution is 2.27. The molecule has 3 aromatic carbocycles. The predicted octanol–water partition coefficient (Wildman–Crippen LogP) is 4.95. The zero-order chi connectivity index (χ0) is 28.4. The summed E-state index contributed by atoms with van der Waals surface area (Å²) in [6.45, 7) is 7.44. The SMILES string of the molecule is CCC(C)NC(=O)C(CC)N(CCc1ccccc1)C(=O)CN(c1ccccc1C)S(=O)(=O)c1ccccc1. The quantitative estimate of drug-likeness (QED) is 0.327. The summed E-state index contributed by atoms with van der Waals surface area (Å²) < 4.78 is 28.9. The highest BCUT2D eigenvalue weighted by molar-refractivity contribution is 7.92. The van der Waals surface area contributed by atoms with Gasteiger partial charge in [-0.05, 0) is 62.4 Å². The minimum atomic E-state index is -4.06. The van der Waals surface area contributed by atoms with Crippen LogP contribution >= 0.6 is 0 Å². The lowest BCUT2D eigenvalue weighted by Gasteiger charge is -2.34. The maximum Gasteiger partial charge on any atom is 0.264 e. The van der Waals surface area contributed by atoms with Gasteiger partial charge in [0, 0.05) is 12.6 Å². The van der Waals surface area contributed by atoms with Crippen LogP contribution in [0, 0.1) is 6.92 Å². The lowest BCUT2D eigenvalue weighted by molar-refractivity contribution is -0.139. The van der Waals surface area contributed by atoms with Crippen LogP contribution in [-0.4, -0.2) is 50.3 Å². The van der Waals surface area contributed by atoms with Gasteiger partial charge in [0.15, 0.2) is 0 Å². The van der Waals surface area contributed by atoms with Crippen LogP contribution in [0.25, 0.3) is 0 Å². The number of hydrogen-bond acceptors (Lipinski definition) is 4. The van der Waals surface area contributed by atoms with E-state index in [0.717, 1.165) is 21.9 Å². The number of anilines is 1. The predicted molar refractivity (Wildman–Crippen MR) is 156 cm³/mol. The Bertz CT molecular complexity index is 1330. The van der Waals surface area contributed by atoms with Crippen molar-refractivity contribution >= 4 is 27.5 Å². The smallest absolute Gasteiger partial charge is 0.264 e. The van der Waals surface area contributed by atoms with E-state index in [1.54, 1.807) is 30.3 Å². The summed E-state index contributed by atoms with van der Waals surface area (Å²) in [5.41, 5.74) is 2.18. The molecule has 3 aromatic rings. The van der Waals surface area contributed by atoms with Gasteiger partial charge in [0.05, 0.1) is 10.6 Å². The first kappa shape index (κ1) is 29.9. The molecule has 0 saturated carbocycles. The number of rotatable bonds is 13. The molecule has 39 heavy (non-hydrogen) atoms. The molecule has 0 aliphatic carbocycles. The molecule has 0 aliphatic rings. The van der Waals surface area contributed by atoms with Gasteiger partial charge in [-0.3, -0.25) is 13.9 Å². The average molecular weight is 550 g/mol. The summed E-state index contributed by atoms with van der Waals surface area (Å²) in [7, 11) is -4.06. The monoisotopic (exact) mass is 549 g/mol. The van der Waals surface area contributed by atoms with Crippen molar-refractivity contribution in [2.24, 2.45) is 0 Å². The van der Waals surface area contributed by atoms with Gasteiger partial charge in [-0.25, -0.2) is 8.42 Å². The molecule has 7 nitrogen and oxygen atoms in total. The first-order chi connectivity index (χ1) is 18.7. The standard InChI is InChI=1S/C31H39N3O4S/c1-5-25(4)32-31(36)28(6-2)33(22-21-26-16-9-7-10-17-26)30(35)23-34(29-20-14-13-15-24(29)3)39(37,38)27-18-11-8-12-19-27/h7-20,25,28H,5-6,21-23H2,1-4H3,(H,32,36). The van der Waals surface area contributed by atoms with E-state index in [4.69, 9.17) is 0 Å². The Morgan fingerprint density at radius 3 is 2.03 bits per heavy atom. The molecule has 0 spiro atoms. The van der Waals surface area contributed by atoms with Crippen molar-refractivity contribution in [3.63, 3.8) is 0 Å². The Hall–Kier alpha value is -3.65. The fourth-order valence-electron chi connectivity index (χ4n) is 4.41. The van der Waals surface area contributed by atoms with Gasteiger partial charge in [-0.2, -0.15) is 0 Å². The normalized spacial score (nSPS) is 12.8. The van der Waals surface area contributed by atoms with Gasteiger partial charge in [-0.15, -0.1) is 0 Å². The minimum Gasteiger partial charge on any atom is -0.352 e.